The minimum Gasteiger partial charge on any atom is -0.347 e. The fourth-order valence-electron chi connectivity index (χ4n) is 3.28. The number of H-pyrrole nitrogens is 1. The van der Waals surface area contributed by atoms with Crippen LogP contribution < -0.4 is 10.6 Å². The molecule has 0 spiro atoms. The zero-order valence-corrected chi connectivity index (χ0v) is 12.7. The summed E-state index contributed by atoms with van der Waals surface area (Å²) in [6.45, 7) is 6.99. The van der Waals surface area contributed by atoms with Gasteiger partial charge < -0.3 is 15.5 Å². The van der Waals surface area contributed by atoms with E-state index in [2.05, 4.69) is 32.7 Å². The van der Waals surface area contributed by atoms with Gasteiger partial charge in [0.25, 0.3) is 5.91 Å². The summed E-state index contributed by atoms with van der Waals surface area (Å²) < 4.78 is 0. The maximum atomic E-state index is 12.4. The maximum Gasteiger partial charge on any atom is 0.272 e. The first-order valence-electron chi connectivity index (χ1n) is 8.04. The predicted molar refractivity (Wildman–Crippen MR) is 81.2 cm³/mol. The average molecular weight is 291 g/mol. The van der Waals surface area contributed by atoms with Gasteiger partial charge in [-0.05, 0) is 32.9 Å². The van der Waals surface area contributed by atoms with E-state index in [1.54, 1.807) is 0 Å². The van der Waals surface area contributed by atoms with E-state index in [1.807, 2.05) is 0 Å². The molecule has 2 aliphatic heterocycles. The third kappa shape index (κ3) is 3.44. The Kier molecular flexibility index (Phi) is 4.55. The van der Waals surface area contributed by atoms with E-state index in [1.165, 1.54) is 19.3 Å². The molecule has 0 bridgehead atoms. The Morgan fingerprint density at radius 2 is 2.19 bits per heavy atom. The lowest BCUT2D eigenvalue weighted by Gasteiger charge is -2.29. The fourth-order valence-corrected chi connectivity index (χ4v) is 3.28. The first-order chi connectivity index (χ1) is 10.2. The summed E-state index contributed by atoms with van der Waals surface area (Å²) in [4.78, 5) is 14.8. The number of hydrogen-bond acceptors (Lipinski definition) is 4. The molecule has 3 rings (SSSR count). The van der Waals surface area contributed by atoms with Crippen molar-refractivity contribution in [3.63, 3.8) is 0 Å². The number of nitrogens with zero attached hydrogens (tertiary/aromatic N) is 2. The number of rotatable bonds is 4. The third-order valence-electron chi connectivity index (χ3n) is 4.38. The topological polar surface area (TPSA) is 73.0 Å². The number of hydrogen-bond donors (Lipinski definition) is 3. The van der Waals surface area contributed by atoms with Crippen LogP contribution >= 0.6 is 0 Å². The molecule has 6 heteroatoms. The van der Waals surface area contributed by atoms with Crippen LogP contribution in [0.1, 0.15) is 47.9 Å². The number of likely N-dealkylation sites (tertiary alicyclic amines) is 1. The third-order valence-corrected chi connectivity index (χ3v) is 4.38. The van der Waals surface area contributed by atoms with Gasteiger partial charge >= 0.3 is 0 Å². The second-order valence-electron chi connectivity index (χ2n) is 6.19. The molecule has 1 saturated heterocycles. The number of aromatic amines is 1. The molecular weight excluding hydrogens is 266 g/mol. The Morgan fingerprint density at radius 1 is 1.38 bits per heavy atom. The fraction of sp³-hybridized carbons (Fsp3) is 0.733. The van der Waals surface area contributed by atoms with Crippen molar-refractivity contribution in [2.75, 3.05) is 26.2 Å². The molecule has 1 unspecified atom stereocenters. The SMILES string of the molecule is CC(CN1CCCCC1)NC(=O)c1n[nH]c2c1CNCC2. The first-order valence-corrected chi connectivity index (χ1v) is 8.04. The van der Waals surface area contributed by atoms with Crippen molar-refractivity contribution in [1.82, 2.24) is 25.7 Å². The van der Waals surface area contributed by atoms with Gasteiger partial charge in [0, 0.05) is 43.4 Å². The minimum atomic E-state index is -0.0549. The van der Waals surface area contributed by atoms with E-state index >= 15 is 0 Å². The number of aromatic nitrogens is 2. The smallest absolute Gasteiger partial charge is 0.272 e. The van der Waals surface area contributed by atoms with Gasteiger partial charge in [0.15, 0.2) is 5.69 Å². The molecule has 0 aliphatic carbocycles. The van der Waals surface area contributed by atoms with Crippen LogP contribution in [-0.4, -0.2) is 53.2 Å². The van der Waals surface area contributed by atoms with Crippen molar-refractivity contribution in [2.24, 2.45) is 0 Å². The van der Waals surface area contributed by atoms with Crippen LogP contribution in [0.4, 0.5) is 0 Å². The molecular formula is C15H25N5O. The summed E-state index contributed by atoms with van der Waals surface area (Å²) in [6.07, 6.45) is 4.81. The van der Waals surface area contributed by atoms with Crippen LogP contribution in [0.2, 0.25) is 0 Å². The Morgan fingerprint density at radius 3 is 3.00 bits per heavy atom. The molecule has 21 heavy (non-hydrogen) atoms. The van der Waals surface area contributed by atoms with E-state index < -0.39 is 0 Å². The molecule has 0 saturated carbocycles. The lowest BCUT2D eigenvalue weighted by Crippen LogP contribution is -2.44. The molecule has 116 valence electrons. The van der Waals surface area contributed by atoms with Gasteiger partial charge in [-0.25, -0.2) is 0 Å². The highest BCUT2D eigenvalue weighted by atomic mass is 16.2. The number of carbonyl (C=O) groups excluding carboxylic acids is 1. The van der Waals surface area contributed by atoms with Gasteiger partial charge in [0.1, 0.15) is 0 Å². The summed E-state index contributed by atoms with van der Waals surface area (Å²) in [5.74, 6) is -0.0549. The lowest BCUT2D eigenvalue weighted by molar-refractivity contribution is 0.0919. The molecule has 0 aromatic carbocycles. The molecule has 3 N–H and O–H groups in total. The summed E-state index contributed by atoms with van der Waals surface area (Å²) in [5.41, 5.74) is 2.69. The number of fused-ring (bicyclic) bond motifs is 1. The molecule has 0 radical (unpaired) electrons. The van der Waals surface area contributed by atoms with Crippen LogP contribution in [0, 0.1) is 0 Å². The molecule has 1 amide bonds. The zero-order chi connectivity index (χ0) is 14.7. The highest BCUT2D eigenvalue weighted by Crippen LogP contribution is 2.15. The average Bonchev–Trinajstić information content (AvgIpc) is 2.92. The van der Waals surface area contributed by atoms with E-state index in [0.717, 1.165) is 50.4 Å². The van der Waals surface area contributed by atoms with Gasteiger partial charge in [-0.1, -0.05) is 6.42 Å². The second-order valence-corrected chi connectivity index (χ2v) is 6.19. The predicted octanol–water partition coefficient (Wildman–Crippen LogP) is 0.660. The standard InChI is InChI=1S/C15H25N5O/c1-11(10-20-7-3-2-4-8-20)17-15(21)14-12-9-16-6-5-13(12)18-19-14/h11,16H,2-10H2,1H3,(H,17,21)(H,18,19). The van der Waals surface area contributed by atoms with Crippen LogP contribution in [0.15, 0.2) is 0 Å². The summed E-state index contributed by atoms with van der Waals surface area (Å²) in [5, 5.41) is 13.6. The zero-order valence-electron chi connectivity index (χ0n) is 12.7. The second kappa shape index (κ2) is 6.58. The molecule has 6 nitrogen and oxygen atoms in total. The summed E-state index contributed by atoms with van der Waals surface area (Å²) in [7, 11) is 0. The summed E-state index contributed by atoms with van der Waals surface area (Å²) >= 11 is 0. The molecule has 1 fully saturated rings. The Balaban J connectivity index is 1.56. The lowest BCUT2D eigenvalue weighted by atomic mass is 10.1. The van der Waals surface area contributed by atoms with Crippen LogP contribution in [-0.2, 0) is 13.0 Å². The van der Waals surface area contributed by atoms with Crippen LogP contribution in [0.5, 0.6) is 0 Å². The quantitative estimate of drug-likeness (QED) is 0.762. The molecule has 2 aliphatic rings. The van der Waals surface area contributed by atoms with Gasteiger partial charge in [-0.15, -0.1) is 0 Å². The largest absolute Gasteiger partial charge is 0.347 e. The van der Waals surface area contributed by atoms with Gasteiger partial charge in [0.2, 0.25) is 0 Å². The van der Waals surface area contributed by atoms with Crippen molar-refractivity contribution in [3.05, 3.63) is 17.0 Å². The van der Waals surface area contributed by atoms with Gasteiger partial charge in [0.05, 0.1) is 0 Å². The molecule has 1 aromatic rings. The van der Waals surface area contributed by atoms with Gasteiger partial charge in [-0.3, -0.25) is 9.89 Å². The first kappa shape index (κ1) is 14.5. The molecule has 1 atom stereocenters. The van der Waals surface area contributed by atoms with Gasteiger partial charge in [-0.2, -0.15) is 5.10 Å². The maximum absolute atomic E-state index is 12.4. The number of nitrogens with one attached hydrogen (secondary N) is 3. The number of carbonyl (C=O) groups is 1. The van der Waals surface area contributed by atoms with E-state index in [9.17, 15) is 4.79 Å². The van der Waals surface area contributed by atoms with Crippen molar-refractivity contribution in [2.45, 2.75) is 45.2 Å². The Hall–Kier alpha value is -1.40. The van der Waals surface area contributed by atoms with Crippen molar-refractivity contribution >= 4 is 5.91 Å². The normalized spacial score (nSPS) is 20.8. The number of amides is 1. The van der Waals surface area contributed by atoms with E-state index in [4.69, 9.17) is 0 Å². The molecule has 1 aromatic heterocycles. The van der Waals surface area contributed by atoms with Crippen molar-refractivity contribution in [3.8, 4) is 0 Å². The number of piperidine rings is 1. The van der Waals surface area contributed by atoms with Crippen LogP contribution in [0.25, 0.3) is 0 Å². The highest BCUT2D eigenvalue weighted by Gasteiger charge is 2.23. The summed E-state index contributed by atoms with van der Waals surface area (Å²) in [6, 6.07) is 0.152. The molecule has 3 heterocycles. The monoisotopic (exact) mass is 291 g/mol. The minimum absolute atomic E-state index is 0.0549. The highest BCUT2D eigenvalue weighted by molar-refractivity contribution is 5.94. The van der Waals surface area contributed by atoms with Crippen LogP contribution in [0.3, 0.4) is 0 Å². The Labute approximate surface area is 125 Å². The van der Waals surface area contributed by atoms with Crippen molar-refractivity contribution < 1.29 is 4.79 Å². The van der Waals surface area contributed by atoms with Crippen molar-refractivity contribution in [1.29, 1.82) is 0 Å². The van der Waals surface area contributed by atoms with E-state index in [-0.39, 0.29) is 11.9 Å². The van der Waals surface area contributed by atoms with E-state index in [0.29, 0.717) is 5.69 Å². The Bertz CT molecular complexity index is 492.